The summed E-state index contributed by atoms with van der Waals surface area (Å²) in [7, 11) is 0. The minimum atomic E-state index is -0.326. The topological polar surface area (TPSA) is 45.1 Å². The largest absolute Gasteiger partial charge is 0.393 e. The predicted octanol–water partition coefficient (Wildman–Crippen LogP) is 5.56. The molecule has 138 valence electrons. The predicted molar refractivity (Wildman–Crippen MR) is 112 cm³/mol. The number of aliphatic hydroxyl groups excluding tert-OH is 1. The minimum Gasteiger partial charge on any atom is -0.393 e. The molecule has 0 saturated carbocycles. The summed E-state index contributed by atoms with van der Waals surface area (Å²) in [4.78, 5) is 4.89. The number of aryl methyl sites for hydroxylation is 1. The minimum absolute atomic E-state index is 0.326. The van der Waals surface area contributed by atoms with Crippen LogP contribution in [0.3, 0.4) is 0 Å². The molecule has 2 N–H and O–H groups in total. The van der Waals surface area contributed by atoms with E-state index in [0.717, 1.165) is 52.5 Å². The summed E-state index contributed by atoms with van der Waals surface area (Å²) in [6.45, 7) is 1.81. The molecule has 0 saturated heterocycles. The summed E-state index contributed by atoms with van der Waals surface area (Å²) >= 11 is 6.17. The lowest BCUT2D eigenvalue weighted by Gasteiger charge is -2.14. The highest BCUT2D eigenvalue weighted by Gasteiger charge is 2.19. The summed E-state index contributed by atoms with van der Waals surface area (Å²) in [6.07, 6.45) is 3.56. The van der Waals surface area contributed by atoms with Crippen LogP contribution in [0.5, 0.6) is 0 Å². The molecule has 3 nitrogen and oxygen atoms in total. The standard InChI is InChI=1S/C23H23ClN2O/c1-15(27)12-16-8-10-19(11-9-16)25-23-14-22(17-4-2-5-18(24)13-17)26-21-7-3-6-20(21)23/h2,4-5,8-11,13-15,27H,3,6-7,12H2,1H3,(H,25,26)/t15-/m0/s1. The average Bonchev–Trinajstić information content (AvgIpc) is 3.12. The number of aliphatic hydroxyl groups is 1. The van der Waals surface area contributed by atoms with E-state index in [9.17, 15) is 5.11 Å². The van der Waals surface area contributed by atoms with Gasteiger partial charge in [-0.25, -0.2) is 0 Å². The maximum atomic E-state index is 9.54. The maximum Gasteiger partial charge on any atom is 0.0726 e. The van der Waals surface area contributed by atoms with E-state index >= 15 is 0 Å². The molecular formula is C23H23ClN2O. The van der Waals surface area contributed by atoms with Crippen molar-refractivity contribution >= 4 is 23.0 Å². The van der Waals surface area contributed by atoms with Crippen LogP contribution in [0, 0.1) is 0 Å². The molecule has 0 amide bonds. The van der Waals surface area contributed by atoms with Crippen molar-refractivity contribution in [2.75, 3.05) is 5.32 Å². The first kappa shape index (κ1) is 18.0. The Bertz CT molecular complexity index is 951. The smallest absolute Gasteiger partial charge is 0.0726 e. The van der Waals surface area contributed by atoms with Crippen molar-refractivity contribution in [2.24, 2.45) is 0 Å². The highest BCUT2D eigenvalue weighted by molar-refractivity contribution is 6.30. The van der Waals surface area contributed by atoms with Crippen LogP contribution in [0.1, 0.15) is 30.2 Å². The van der Waals surface area contributed by atoms with E-state index in [4.69, 9.17) is 16.6 Å². The maximum absolute atomic E-state index is 9.54. The number of nitrogens with one attached hydrogen (secondary N) is 1. The average molecular weight is 379 g/mol. The van der Waals surface area contributed by atoms with E-state index in [2.05, 4.69) is 35.6 Å². The van der Waals surface area contributed by atoms with Crippen LogP contribution in [0.25, 0.3) is 11.3 Å². The summed E-state index contributed by atoms with van der Waals surface area (Å²) in [5, 5.41) is 13.8. The summed E-state index contributed by atoms with van der Waals surface area (Å²) in [6, 6.07) is 18.2. The summed E-state index contributed by atoms with van der Waals surface area (Å²) < 4.78 is 0. The number of hydrogen-bond acceptors (Lipinski definition) is 3. The quantitative estimate of drug-likeness (QED) is 0.611. The Kier molecular flexibility index (Phi) is 5.15. The second-order valence-corrected chi connectivity index (χ2v) is 7.66. The van der Waals surface area contributed by atoms with Crippen LogP contribution in [-0.4, -0.2) is 16.2 Å². The van der Waals surface area contributed by atoms with Crippen molar-refractivity contribution in [1.29, 1.82) is 0 Å². The number of pyridine rings is 1. The monoisotopic (exact) mass is 378 g/mol. The first-order chi connectivity index (χ1) is 13.1. The van der Waals surface area contributed by atoms with Crippen LogP contribution in [-0.2, 0) is 19.3 Å². The van der Waals surface area contributed by atoms with E-state index < -0.39 is 0 Å². The lowest BCUT2D eigenvalue weighted by Crippen LogP contribution is -2.04. The fourth-order valence-electron chi connectivity index (χ4n) is 3.67. The van der Waals surface area contributed by atoms with E-state index in [1.807, 2.05) is 31.2 Å². The zero-order chi connectivity index (χ0) is 18.8. The molecule has 0 spiro atoms. The molecule has 1 atom stereocenters. The van der Waals surface area contributed by atoms with Gasteiger partial charge >= 0.3 is 0 Å². The first-order valence-electron chi connectivity index (χ1n) is 9.41. The molecule has 4 heteroatoms. The number of anilines is 2. The lowest BCUT2D eigenvalue weighted by molar-refractivity contribution is 0.195. The third kappa shape index (κ3) is 4.15. The van der Waals surface area contributed by atoms with Gasteiger partial charge in [-0.1, -0.05) is 35.9 Å². The van der Waals surface area contributed by atoms with Gasteiger partial charge in [-0.3, -0.25) is 4.98 Å². The lowest BCUT2D eigenvalue weighted by atomic mass is 10.1. The third-order valence-corrected chi connectivity index (χ3v) is 5.17. The van der Waals surface area contributed by atoms with Crippen LogP contribution in [0.15, 0.2) is 54.6 Å². The second kappa shape index (κ2) is 7.71. The van der Waals surface area contributed by atoms with Gasteiger partial charge in [0.2, 0.25) is 0 Å². The number of aromatic nitrogens is 1. The number of halogens is 1. The van der Waals surface area contributed by atoms with E-state index in [-0.39, 0.29) is 6.10 Å². The molecule has 1 heterocycles. The van der Waals surface area contributed by atoms with Gasteiger partial charge in [-0.05, 0) is 74.1 Å². The molecular weight excluding hydrogens is 356 g/mol. The number of hydrogen-bond donors (Lipinski definition) is 2. The van der Waals surface area contributed by atoms with Gasteiger partial charge in [-0.2, -0.15) is 0 Å². The Hall–Kier alpha value is -2.36. The van der Waals surface area contributed by atoms with Crippen molar-refractivity contribution < 1.29 is 5.11 Å². The molecule has 1 aliphatic carbocycles. The van der Waals surface area contributed by atoms with Crippen molar-refractivity contribution in [3.05, 3.63) is 76.4 Å². The molecule has 0 aliphatic heterocycles. The Morgan fingerprint density at radius 2 is 1.93 bits per heavy atom. The SMILES string of the molecule is C[C@H](O)Cc1ccc(Nc2cc(-c3cccc(Cl)c3)nc3c2CCC3)cc1. The van der Waals surface area contributed by atoms with E-state index in [0.29, 0.717) is 6.42 Å². The number of benzene rings is 2. The fourth-order valence-corrected chi connectivity index (χ4v) is 3.86. The zero-order valence-corrected chi connectivity index (χ0v) is 16.1. The van der Waals surface area contributed by atoms with Crippen LogP contribution in [0.2, 0.25) is 5.02 Å². The van der Waals surface area contributed by atoms with Gasteiger partial charge in [0.15, 0.2) is 0 Å². The molecule has 0 unspecified atom stereocenters. The molecule has 2 aromatic carbocycles. The normalized spacial score (nSPS) is 14.0. The summed E-state index contributed by atoms with van der Waals surface area (Å²) in [5.41, 5.74) is 7.78. The van der Waals surface area contributed by atoms with Gasteiger partial charge < -0.3 is 10.4 Å². The van der Waals surface area contributed by atoms with Crippen LogP contribution < -0.4 is 5.32 Å². The Balaban J connectivity index is 1.66. The number of nitrogens with zero attached hydrogens (tertiary/aromatic N) is 1. The number of rotatable bonds is 5. The third-order valence-electron chi connectivity index (χ3n) is 4.93. The van der Waals surface area contributed by atoms with Crippen molar-refractivity contribution in [1.82, 2.24) is 4.98 Å². The molecule has 0 bridgehead atoms. The molecule has 1 aromatic heterocycles. The fraction of sp³-hybridized carbons (Fsp3) is 0.261. The second-order valence-electron chi connectivity index (χ2n) is 7.22. The van der Waals surface area contributed by atoms with Crippen LogP contribution in [0.4, 0.5) is 11.4 Å². The molecule has 4 rings (SSSR count). The van der Waals surface area contributed by atoms with E-state index in [1.165, 1.54) is 11.3 Å². The van der Waals surface area contributed by atoms with Crippen molar-refractivity contribution in [2.45, 2.75) is 38.7 Å². The zero-order valence-electron chi connectivity index (χ0n) is 15.4. The highest BCUT2D eigenvalue weighted by atomic mass is 35.5. The Labute approximate surface area is 165 Å². The Morgan fingerprint density at radius 3 is 2.67 bits per heavy atom. The summed E-state index contributed by atoms with van der Waals surface area (Å²) in [5.74, 6) is 0. The van der Waals surface area contributed by atoms with Crippen molar-refractivity contribution in [3.63, 3.8) is 0 Å². The van der Waals surface area contributed by atoms with Gasteiger partial charge in [0.1, 0.15) is 0 Å². The van der Waals surface area contributed by atoms with Crippen LogP contribution >= 0.6 is 11.6 Å². The molecule has 27 heavy (non-hydrogen) atoms. The molecule has 0 fully saturated rings. The molecule has 0 radical (unpaired) electrons. The highest BCUT2D eigenvalue weighted by Crippen LogP contribution is 2.34. The van der Waals surface area contributed by atoms with Crippen molar-refractivity contribution in [3.8, 4) is 11.3 Å². The van der Waals surface area contributed by atoms with Gasteiger partial charge in [0.05, 0.1) is 11.8 Å². The Morgan fingerprint density at radius 1 is 1.11 bits per heavy atom. The number of fused-ring (bicyclic) bond motifs is 1. The molecule has 3 aromatic rings. The van der Waals surface area contributed by atoms with Gasteiger partial charge in [-0.15, -0.1) is 0 Å². The molecule has 1 aliphatic rings. The van der Waals surface area contributed by atoms with Gasteiger partial charge in [0.25, 0.3) is 0 Å². The van der Waals surface area contributed by atoms with Gasteiger partial charge in [0, 0.05) is 27.7 Å². The van der Waals surface area contributed by atoms with E-state index in [1.54, 1.807) is 0 Å². The first-order valence-corrected chi connectivity index (χ1v) is 9.79.